The fourth-order valence-electron chi connectivity index (χ4n) is 3.14. The molecule has 2 aromatic heterocycles. The van der Waals surface area contributed by atoms with Gasteiger partial charge in [0.05, 0.1) is 5.56 Å². The van der Waals surface area contributed by atoms with Gasteiger partial charge < -0.3 is 10.9 Å². The van der Waals surface area contributed by atoms with Crippen molar-refractivity contribution in [3.8, 4) is 11.3 Å². The maximum Gasteiger partial charge on any atom is 0.200 e. The normalized spacial score (nSPS) is 12.0. The smallest absolute Gasteiger partial charge is 0.200 e. The summed E-state index contributed by atoms with van der Waals surface area (Å²) in [7, 11) is 0. The number of oxime groups is 1. The van der Waals surface area contributed by atoms with Gasteiger partial charge in [-0.25, -0.2) is 26.9 Å². The van der Waals surface area contributed by atoms with Crippen LogP contribution in [0.4, 0.5) is 27.8 Å². The molecule has 0 saturated heterocycles. The number of fused-ring (bicyclic) bond motifs is 1. The van der Waals surface area contributed by atoms with Crippen LogP contribution in [0, 0.1) is 29.1 Å². The van der Waals surface area contributed by atoms with E-state index in [1.54, 1.807) is 30.3 Å². The zero-order valence-electron chi connectivity index (χ0n) is 14.9. The number of imidazole rings is 1. The molecule has 0 atom stereocenters. The van der Waals surface area contributed by atoms with Crippen LogP contribution in [-0.2, 0) is 0 Å². The lowest BCUT2D eigenvalue weighted by molar-refractivity contribution is 0.319. The summed E-state index contributed by atoms with van der Waals surface area (Å²) in [6, 6.07) is 11.4. The van der Waals surface area contributed by atoms with E-state index in [1.165, 1.54) is 18.3 Å². The number of hydrogen-bond acceptors (Lipinski definition) is 4. The predicted molar refractivity (Wildman–Crippen MR) is 98.7 cm³/mol. The summed E-state index contributed by atoms with van der Waals surface area (Å²) >= 11 is 0. The molecule has 152 valence electrons. The van der Waals surface area contributed by atoms with Crippen molar-refractivity contribution < 1.29 is 27.2 Å². The van der Waals surface area contributed by atoms with Gasteiger partial charge in [-0.3, -0.25) is 4.40 Å². The van der Waals surface area contributed by atoms with E-state index in [0.717, 1.165) is 4.40 Å². The first-order chi connectivity index (χ1) is 14.3. The van der Waals surface area contributed by atoms with Crippen LogP contribution >= 0.6 is 0 Å². The summed E-state index contributed by atoms with van der Waals surface area (Å²) in [5.41, 5.74) is 5.00. The summed E-state index contributed by atoms with van der Waals surface area (Å²) in [5, 5.41) is 12.7. The van der Waals surface area contributed by atoms with Gasteiger partial charge in [0.15, 0.2) is 29.1 Å². The fraction of sp³-hybridized carbons (Fsp3) is 0. The van der Waals surface area contributed by atoms with Crippen LogP contribution in [0.2, 0.25) is 0 Å². The highest BCUT2D eigenvalue weighted by Gasteiger charge is 2.30. The van der Waals surface area contributed by atoms with Gasteiger partial charge in [0.25, 0.3) is 0 Å². The van der Waals surface area contributed by atoms with E-state index in [2.05, 4.69) is 10.1 Å². The van der Waals surface area contributed by atoms with Crippen molar-refractivity contribution in [2.24, 2.45) is 5.16 Å². The second kappa shape index (κ2) is 7.14. The first kappa shape index (κ1) is 19.4. The quantitative estimate of drug-likeness (QED) is 0.128. The van der Waals surface area contributed by atoms with Crippen molar-refractivity contribution in [1.82, 2.24) is 9.38 Å². The Labute approximate surface area is 165 Å². The number of nitrogens with zero attached hydrogens (tertiary/aromatic N) is 3. The number of anilines is 1. The summed E-state index contributed by atoms with van der Waals surface area (Å²) in [6.07, 6.45) is 1.27. The Hall–Kier alpha value is -3.95. The van der Waals surface area contributed by atoms with Gasteiger partial charge in [-0.1, -0.05) is 35.5 Å². The molecule has 30 heavy (non-hydrogen) atoms. The average Bonchev–Trinajstić information content (AvgIpc) is 3.08. The molecule has 0 spiro atoms. The Morgan fingerprint density at radius 2 is 1.43 bits per heavy atom. The Morgan fingerprint density at radius 3 is 2.03 bits per heavy atom. The molecule has 5 nitrogen and oxygen atoms in total. The van der Waals surface area contributed by atoms with Crippen LogP contribution in [0.1, 0.15) is 11.1 Å². The Kier molecular flexibility index (Phi) is 4.61. The first-order valence-corrected chi connectivity index (χ1v) is 8.42. The zero-order valence-corrected chi connectivity index (χ0v) is 14.9. The van der Waals surface area contributed by atoms with E-state index < -0.39 is 46.2 Å². The molecule has 4 aromatic rings. The standard InChI is InChI=1S/C20H11F5N4O/c21-13-12(14(22)16(24)17(25)15(13)23)19-20(26)27-11-7-6-10(8-29(11)19)18(28-30)9-4-2-1-3-5-9/h1-8,30H,26H2. The number of nitrogens with two attached hydrogens (primary N) is 1. The van der Waals surface area contributed by atoms with Gasteiger partial charge in [-0.15, -0.1) is 0 Å². The number of pyridine rings is 1. The number of benzene rings is 2. The van der Waals surface area contributed by atoms with E-state index in [1.807, 2.05) is 0 Å². The van der Waals surface area contributed by atoms with Crippen molar-refractivity contribution >= 4 is 17.2 Å². The van der Waals surface area contributed by atoms with Crippen molar-refractivity contribution in [3.63, 3.8) is 0 Å². The molecule has 10 heteroatoms. The third-order valence-corrected chi connectivity index (χ3v) is 4.51. The van der Waals surface area contributed by atoms with Crippen LogP contribution in [-0.4, -0.2) is 20.3 Å². The van der Waals surface area contributed by atoms with Gasteiger partial charge in [0, 0.05) is 17.3 Å². The molecular formula is C20H11F5N4O. The molecule has 2 heterocycles. The molecule has 0 aliphatic heterocycles. The van der Waals surface area contributed by atoms with E-state index in [4.69, 9.17) is 5.73 Å². The zero-order chi connectivity index (χ0) is 21.6. The van der Waals surface area contributed by atoms with Crippen molar-refractivity contribution in [1.29, 1.82) is 0 Å². The Balaban J connectivity index is 2.00. The third kappa shape index (κ3) is 2.84. The van der Waals surface area contributed by atoms with Crippen LogP contribution < -0.4 is 5.73 Å². The second-order valence-electron chi connectivity index (χ2n) is 6.25. The summed E-state index contributed by atoms with van der Waals surface area (Å²) in [4.78, 5) is 3.92. The highest BCUT2D eigenvalue weighted by atomic mass is 19.2. The summed E-state index contributed by atoms with van der Waals surface area (Å²) < 4.78 is 70.7. The second-order valence-corrected chi connectivity index (χ2v) is 6.25. The van der Waals surface area contributed by atoms with Gasteiger partial charge >= 0.3 is 0 Å². The lowest BCUT2D eigenvalue weighted by atomic mass is 10.0. The lowest BCUT2D eigenvalue weighted by Crippen LogP contribution is -2.08. The van der Waals surface area contributed by atoms with Crippen molar-refractivity contribution in [2.75, 3.05) is 5.73 Å². The Bertz CT molecular complexity index is 1290. The molecule has 0 aliphatic carbocycles. The summed E-state index contributed by atoms with van der Waals surface area (Å²) in [6.45, 7) is 0. The topological polar surface area (TPSA) is 75.9 Å². The largest absolute Gasteiger partial charge is 0.410 e. The molecule has 0 saturated carbocycles. The highest BCUT2D eigenvalue weighted by Crippen LogP contribution is 2.35. The van der Waals surface area contributed by atoms with E-state index >= 15 is 0 Å². The minimum Gasteiger partial charge on any atom is -0.410 e. The van der Waals surface area contributed by atoms with Crippen LogP contribution in [0.3, 0.4) is 0 Å². The molecule has 0 bridgehead atoms. The number of hydrogen-bond donors (Lipinski definition) is 2. The van der Waals surface area contributed by atoms with Gasteiger partial charge in [0.2, 0.25) is 5.82 Å². The predicted octanol–water partition coefficient (Wildman–Crippen LogP) is 4.51. The number of aromatic nitrogens is 2. The lowest BCUT2D eigenvalue weighted by Gasteiger charge is -2.10. The van der Waals surface area contributed by atoms with E-state index in [0.29, 0.717) is 5.56 Å². The molecule has 4 rings (SSSR count). The van der Waals surface area contributed by atoms with Gasteiger partial charge in [0.1, 0.15) is 17.1 Å². The van der Waals surface area contributed by atoms with Crippen LogP contribution in [0.25, 0.3) is 16.9 Å². The van der Waals surface area contributed by atoms with Gasteiger partial charge in [-0.05, 0) is 12.1 Å². The molecule has 0 radical (unpaired) electrons. The maximum atomic E-state index is 14.4. The SMILES string of the molecule is Nc1nc2ccc(C(=NO)c3ccccc3)cn2c1-c1c(F)c(F)c(F)c(F)c1F. The fourth-order valence-corrected chi connectivity index (χ4v) is 3.14. The van der Waals surface area contributed by atoms with Crippen molar-refractivity contribution in [2.45, 2.75) is 0 Å². The number of halogens is 5. The third-order valence-electron chi connectivity index (χ3n) is 4.51. The highest BCUT2D eigenvalue weighted by molar-refractivity contribution is 6.12. The Morgan fingerprint density at radius 1 is 0.833 bits per heavy atom. The average molecular weight is 418 g/mol. The molecule has 2 aromatic carbocycles. The van der Waals surface area contributed by atoms with Crippen LogP contribution in [0.5, 0.6) is 0 Å². The molecule has 0 amide bonds. The molecule has 3 N–H and O–H groups in total. The summed E-state index contributed by atoms with van der Waals surface area (Å²) in [5.74, 6) is -11.0. The van der Waals surface area contributed by atoms with E-state index in [-0.39, 0.29) is 16.9 Å². The minimum absolute atomic E-state index is 0.0838. The molecule has 0 aliphatic rings. The van der Waals surface area contributed by atoms with Crippen molar-refractivity contribution in [3.05, 3.63) is 88.9 Å². The number of nitrogen functional groups attached to an aromatic ring is 1. The number of rotatable bonds is 3. The molecule has 0 fully saturated rings. The van der Waals surface area contributed by atoms with Crippen LogP contribution in [0.15, 0.2) is 53.8 Å². The van der Waals surface area contributed by atoms with Gasteiger partial charge in [-0.2, -0.15) is 0 Å². The minimum atomic E-state index is -2.28. The molecule has 0 unspecified atom stereocenters. The molecular weight excluding hydrogens is 407 g/mol. The van der Waals surface area contributed by atoms with E-state index in [9.17, 15) is 27.2 Å². The monoisotopic (exact) mass is 418 g/mol. The first-order valence-electron chi connectivity index (χ1n) is 8.42. The maximum absolute atomic E-state index is 14.4.